The molecule has 0 aliphatic heterocycles. The van der Waals surface area contributed by atoms with Crippen molar-refractivity contribution in [3.8, 4) is 5.75 Å². The van der Waals surface area contributed by atoms with Crippen molar-refractivity contribution in [2.45, 2.75) is 13.2 Å². The second kappa shape index (κ2) is 5.57. The van der Waals surface area contributed by atoms with Crippen LogP contribution in [0.4, 0.5) is 0 Å². The number of allylic oxidation sites excluding steroid dienone is 1. The number of para-hydroxylation sites is 1. The molecule has 0 atom stereocenters. The summed E-state index contributed by atoms with van der Waals surface area (Å²) < 4.78 is 8.17. The van der Waals surface area contributed by atoms with E-state index in [0.717, 1.165) is 34.1 Å². The number of hydrogen-bond acceptors (Lipinski definition) is 4. The lowest BCUT2D eigenvalue weighted by Gasteiger charge is -2.06. The maximum atomic E-state index is 5.94. The summed E-state index contributed by atoms with van der Waals surface area (Å²) in [6.07, 6.45) is 1.90. The average molecular weight is 305 g/mol. The van der Waals surface area contributed by atoms with Gasteiger partial charge in [0.25, 0.3) is 0 Å². The maximum absolute atomic E-state index is 5.94. The van der Waals surface area contributed by atoms with Gasteiger partial charge in [0.2, 0.25) is 5.82 Å². The molecule has 2 aromatic carbocycles. The first-order valence-electron chi connectivity index (χ1n) is 7.34. The van der Waals surface area contributed by atoms with Crippen LogP contribution in [0, 0.1) is 0 Å². The highest BCUT2D eigenvalue weighted by molar-refractivity contribution is 6.11. The molecule has 0 spiro atoms. The van der Waals surface area contributed by atoms with Crippen LogP contribution in [0.15, 0.2) is 55.1 Å². The van der Waals surface area contributed by atoms with Gasteiger partial charge in [0.05, 0.1) is 5.52 Å². The molecule has 0 unspecified atom stereocenters. The van der Waals surface area contributed by atoms with Gasteiger partial charge in [-0.1, -0.05) is 35.6 Å². The number of fused-ring (bicyclic) bond motifs is 3. The van der Waals surface area contributed by atoms with Gasteiger partial charge in [0, 0.05) is 22.8 Å². The van der Waals surface area contributed by atoms with Gasteiger partial charge in [-0.25, -0.2) is 0 Å². The minimum absolute atomic E-state index is 0.274. The first kappa shape index (κ1) is 13.5. The average Bonchev–Trinajstić information content (AvgIpc) is 3.21. The first-order valence-corrected chi connectivity index (χ1v) is 7.34. The molecule has 0 radical (unpaired) electrons. The molecule has 23 heavy (non-hydrogen) atoms. The molecule has 6 heteroatoms. The van der Waals surface area contributed by atoms with Crippen LogP contribution in [0.2, 0.25) is 0 Å². The molecule has 4 aromatic rings. The third-order valence-corrected chi connectivity index (χ3v) is 3.82. The summed E-state index contributed by atoms with van der Waals surface area (Å²) in [5.41, 5.74) is 2.29. The van der Waals surface area contributed by atoms with E-state index >= 15 is 0 Å². The first-order chi connectivity index (χ1) is 11.4. The van der Waals surface area contributed by atoms with Crippen molar-refractivity contribution >= 4 is 21.8 Å². The van der Waals surface area contributed by atoms with E-state index in [2.05, 4.69) is 50.0 Å². The third kappa shape index (κ3) is 2.24. The maximum Gasteiger partial charge on any atom is 0.211 e. The Morgan fingerprint density at radius 1 is 1.13 bits per heavy atom. The van der Waals surface area contributed by atoms with E-state index in [0.29, 0.717) is 5.82 Å². The SMILES string of the molecule is C=CCn1c2ccccc2c2c(OCc3nn[nH]n3)cccc21. The predicted molar refractivity (Wildman–Crippen MR) is 88.2 cm³/mol. The number of rotatable bonds is 5. The van der Waals surface area contributed by atoms with E-state index < -0.39 is 0 Å². The second-order valence-electron chi connectivity index (χ2n) is 5.18. The highest BCUT2D eigenvalue weighted by atomic mass is 16.5. The lowest BCUT2D eigenvalue weighted by molar-refractivity contribution is 0.300. The molecule has 0 saturated carbocycles. The van der Waals surface area contributed by atoms with Crippen molar-refractivity contribution in [3.63, 3.8) is 0 Å². The molecular formula is C17H15N5O. The normalized spacial score (nSPS) is 11.1. The molecule has 0 aliphatic carbocycles. The molecule has 2 aromatic heterocycles. The third-order valence-electron chi connectivity index (χ3n) is 3.82. The van der Waals surface area contributed by atoms with Gasteiger partial charge < -0.3 is 9.30 Å². The van der Waals surface area contributed by atoms with E-state index in [1.54, 1.807) is 0 Å². The zero-order chi connectivity index (χ0) is 15.6. The van der Waals surface area contributed by atoms with Gasteiger partial charge in [-0.2, -0.15) is 5.21 Å². The summed E-state index contributed by atoms with van der Waals surface area (Å²) in [5.74, 6) is 1.34. The number of tetrazole rings is 1. The topological polar surface area (TPSA) is 68.6 Å². The summed E-state index contributed by atoms with van der Waals surface area (Å²) in [7, 11) is 0. The van der Waals surface area contributed by atoms with Gasteiger partial charge >= 0.3 is 0 Å². The molecule has 0 amide bonds. The van der Waals surface area contributed by atoms with E-state index in [9.17, 15) is 0 Å². The molecule has 4 rings (SSSR count). The van der Waals surface area contributed by atoms with Crippen LogP contribution in [-0.4, -0.2) is 25.2 Å². The van der Waals surface area contributed by atoms with Crippen LogP contribution >= 0.6 is 0 Å². The zero-order valence-corrected chi connectivity index (χ0v) is 12.4. The largest absolute Gasteiger partial charge is 0.485 e. The standard InChI is InChI=1S/C17H15N5O/c1-2-10-22-13-7-4-3-6-12(13)17-14(22)8-5-9-15(17)23-11-16-18-20-21-19-16/h2-9H,1,10-11H2,(H,18,19,20,21). The van der Waals surface area contributed by atoms with Gasteiger partial charge in [-0.15, -0.1) is 16.8 Å². The number of ether oxygens (including phenoxy) is 1. The van der Waals surface area contributed by atoms with Crippen LogP contribution in [-0.2, 0) is 13.2 Å². The van der Waals surface area contributed by atoms with Crippen LogP contribution in [0.25, 0.3) is 21.8 Å². The Hall–Kier alpha value is -3.15. The molecule has 0 fully saturated rings. The van der Waals surface area contributed by atoms with E-state index in [4.69, 9.17) is 4.74 Å². The summed E-state index contributed by atoms with van der Waals surface area (Å²) in [5, 5.41) is 16.1. The Labute approximate surface area is 132 Å². The molecule has 0 aliphatic rings. The number of nitrogens with one attached hydrogen (secondary N) is 1. The fourth-order valence-electron chi connectivity index (χ4n) is 2.90. The Morgan fingerprint density at radius 2 is 2.00 bits per heavy atom. The predicted octanol–water partition coefficient (Wildman–Crippen LogP) is 3.07. The number of hydrogen-bond donors (Lipinski definition) is 1. The molecule has 2 heterocycles. The molecule has 0 bridgehead atoms. The van der Waals surface area contributed by atoms with Gasteiger partial charge in [0.1, 0.15) is 5.75 Å². The van der Waals surface area contributed by atoms with E-state index in [1.165, 1.54) is 0 Å². The van der Waals surface area contributed by atoms with Crippen LogP contribution in [0.3, 0.4) is 0 Å². The number of aromatic nitrogens is 5. The van der Waals surface area contributed by atoms with Crippen molar-refractivity contribution in [1.82, 2.24) is 25.2 Å². The van der Waals surface area contributed by atoms with Crippen molar-refractivity contribution in [3.05, 3.63) is 60.9 Å². The molecular weight excluding hydrogens is 290 g/mol. The summed E-state index contributed by atoms with van der Waals surface area (Å²) >= 11 is 0. The molecule has 0 saturated heterocycles. The molecule has 114 valence electrons. The zero-order valence-electron chi connectivity index (χ0n) is 12.4. The highest BCUT2D eigenvalue weighted by Crippen LogP contribution is 2.35. The molecule has 6 nitrogen and oxygen atoms in total. The minimum Gasteiger partial charge on any atom is -0.485 e. The highest BCUT2D eigenvalue weighted by Gasteiger charge is 2.14. The summed E-state index contributed by atoms with van der Waals surface area (Å²) in [6, 6.07) is 14.4. The van der Waals surface area contributed by atoms with Crippen LogP contribution in [0.5, 0.6) is 5.75 Å². The smallest absolute Gasteiger partial charge is 0.211 e. The lowest BCUT2D eigenvalue weighted by atomic mass is 10.1. The quantitative estimate of drug-likeness (QED) is 0.575. The van der Waals surface area contributed by atoms with Crippen molar-refractivity contribution < 1.29 is 4.74 Å². The van der Waals surface area contributed by atoms with Gasteiger partial charge in [-0.3, -0.25) is 0 Å². The van der Waals surface area contributed by atoms with Gasteiger partial charge in [-0.05, 0) is 18.2 Å². The Morgan fingerprint density at radius 3 is 2.83 bits per heavy atom. The Balaban J connectivity index is 1.88. The number of H-pyrrole nitrogens is 1. The molecule has 1 N–H and O–H groups in total. The minimum atomic E-state index is 0.274. The van der Waals surface area contributed by atoms with E-state index in [1.807, 2.05) is 30.3 Å². The monoisotopic (exact) mass is 305 g/mol. The number of aromatic amines is 1. The fraction of sp³-hybridized carbons (Fsp3) is 0.118. The van der Waals surface area contributed by atoms with Crippen molar-refractivity contribution in [2.24, 2.45) is 0 Å². The van der Waals surface area contributed by atoms with E-state index in [-0.39, 0.29) is 6.61 Å². The Bertz CT molecular complexity index is 971. The number of nitrogens with zero attached hydrogens (tertiary/aromatic N) is 4. The Kier molecular flexibility index (Phi) is 3.27. The van der Waals surface area contributed by atoms with Crippen LogP contribution in [0.1, 0.15) is 5.82 Å². The van der Waals surface area contributed by atoms with Crippen molar-refractivity contribution in [2.75, 3.05) is 0 Å². The van der Waals surface area contributed by atoms with Crippen molar-refractivity contribution in [1.29, 1.82) is 0 Å². The summed E-state index contributed by atoms with van der Waals surface area (Å²) in [6.45, 7) is 4.89. The number of benzene rings is 2. The summed E-state index contributed by atoms with van der Waals surface area (Å²) in [4.78, 5) is 0. The van der Waals surface area contributed by atoms with Gasteiger partial charge in [0.15, 0.2) is 6.61 Å². The fourth-order valence-corrected chi connectivity index (χ4v) is 2.90. The lowest BCUT2D eigenvalue weighted by Crippen LogP contribution is -1.98. The second-order valence-corrected chi connectivity index (χ2v) is 5.18. The van der Waals surface area contributed by atoms with Crippen LogP contribution < -0.4 is 4.74 Å².